The Labute approximate surface area is 171 Å². The van der Waals surface area contributed by atoms with E-state index in [0.29, 0.717) is 0 Å². The smallest absolute Gasteiger partial charge is 0.393 e. The van der Waals surface area contributed by atoms with Crippen LogP contribution in [0, 0.1) is 0 Å². The van der Waals surface area contributed by atoms with Crippen LogP contribution in [0.5, 0.6) is 0 Å². The fraction of sp³-hybridized carbons (Fsp3) is 0.923. The van der Waals surface area contributed by atoms with Gasteiger partial charge in [-0.3, -0.25) is 4.79 Å². The Morgan fingerprint density at radius 2 is 0.938 bits per heavy atom. The molecule has 19 heteroatoms. The van der Waals surface area contributed by atoms with E-state index < -0.39 is 72.3 Å². The van der Waals surface area contributed by atoms with E-state index in [4.69, 9.17) is 0 Å². The molecule has 0 aromatic heterocycles. The number of hydrogen-bond acceptors (Lipinski definition) is 2. The lowest BCUT2D eigenvalue weighted by Gasteiger charge is -2.43. The summed E-state index contributed by atoms with van der Waals surface area (Å²) >= 11 is 3.40. The predicted molar refractivity (Wildman–Crippen MR) is 71.3 cm³/mol. The first-order valence-corrected chi connectivity index (χ1v) is 7.95. The molecule has 2 nitrogen and oxygen atoms in total. The van der Waals surface area contributed by atoms with E-state index in [1.807, 2.05) is 0 Å². The third kappa shape index (κ3) is 4.38. The molecule has 0 saturated carbocycles. The lowest BCUT2D eigenvalue weighted by Crippen LogP contribution is -2.74. The fourth-order valence-electron chi connectivity index (χ4n) is 1.85. The summed E-state index contributed by atoms with van der Waals surface area (Å²) in [7, 11) is 0. The van der Waals surface area contributed by atoms with Crippen LogP contribution in [0.1, 0.15) is 19.8 Å². The van der Waals surface area contributed by atoms with Gasteiger partial charge < -0.3 is 4.74 Å². The van der Waals surface area contributed by atoms with Gasteiger partial charge in [-0.15, -0.1) is 0 Å². The Kier molecular flexibility index (Phi) is 8.09. The first-order valence-electron chi connectivity index (χ1n) is 7.57. The van der Waals surface area contributed by atoms with Crippen LogP contribution in [-0.2, 0) is 9.53 Å². The number of ether oxygens (including phenoxy) is 1. The van der Waals surface area contributed by atoms with Gasteiger partial charge in [-0.05, 0) is 18.5 Å². The van der Waals surface area contributed by atoms with E-state index in [-0.39, 0.29) is 0 Å². The molecule has 0 aromatic rings. The second kappa shape index (κ2) is 8.45. The number of rotatable bonds is 11. The molecule has 0 unspecified atom stereocenters. The van der Waals surface area contributed by atoms with Gasteiger partial charge in [0.1, 0.15) is 0 Å². The molecule has 0 atom stereocenters. The molecule has 0 radical (unpaired) electrons. The lowest BCUT2D eigenvalue weighted by atomic mass is 9.88. The zero-order valence-electron chi connectivity index (χ0n) is 14.9. The standard InChI is InChI=1S/C13H9ClF16O2/c1-2-32-5(31)3-4-6(15,16)7(17,18)8(19,20)9(21,22)10(23,24)11(25,26)12(27,28)13(14,29)30/h2-4H2,1H3. The van der Waals surface area contributed by atoms with Crippen LogP contribution in [0.25, 0.3) is 0 Å². The normalized spacial score (nSPS) is 15.7. The van der Waals surface area contributed by atoms with Gasteiger partial charge in [0.05, 0.1) is 13.0 Å². The summed E-state index contributed by atoms with van der Waals surface area (Å²) in [4.78, 5) is 10.8. The Morgan fingerprint density at radius 3 is 1.25 bits per heavy atom. The number of alkyl halides is 17. The van der Waals surface area contributed by atoms with Crippen molar-refractivity contribution < 1.29 is 79.8 Å². The van der Waals surface area contributed by atoms with Gasteiger partial charge >= 0.3 is 52.8 Å². The Hall–Kier alpha value is -1.36. The SMILES string of the molecule is CCOC(=O)CCC(F)(F)C(F)(F)C(F)(F)C(F)(F)C(F)(F)C(F)(F)C(F)(F)C(F)(F)Cl. The molecule has 32 heavy (non-hydrogen) atoms. The Bertz CT molecular complexity index is 684. The van der Waals surface area contributed by atoms with Gasteiger partial charge in [-0.1, -0.05) is 0 Å². The van der Waals surface area contributed by atoms with E-state index in [2.05, 4.69) is 16.3 Å². The van der Waals surface area contributed by atoms with Crippen LogP contribution < -0.4 is 0 Å². The van der Waals surface area contributed by atoms with Crippen molar-refractivity contribution in [2.75, 3.05) is 6.61 Å². The van der Waals surface area contributed by atoms with E-state index >= 15 is 0 Å². The van der Waals surface area contributed by atoms with Crippen LogP contribution >= 0.6 is 11.6 Å². The second-order valence-electron chi connectivity index (χ2n) is 5.95. The summed E-state index contributed by atoms with van der Waals surface area (Å²) in [5.74, 6) is -57.4. The molecule has 0 N–H and O–H groups in total. The van der Waals surface area contributed by atoms with E-state index in [9.17, 15) is 75.0 Å². The maximum Gasteiger partial charge on any atom is 0.393 e. The predicted octanol–water partition coefficient (Wildman–Crippen LogP) is 6.61. The Balaban J connectivity index is 6.44. The molecule has 0 amide bonds. The molecule has 0 rings (SSSR count). The molecule has 0 aliphatic heterocycles. The van der Waals surface area contributed by atoms with Gasteiger partial charge in [0, 0.05) is 6.42 Å². The highest BCUT2D eigenvalue weighted by Gasteiger charge is 2.94. The highest BCUT2D eigenvalue weighted by atomic mass is 35.5. The molecule has 0 bridgehead atoms. The summed E-state index contributed by atoms with van der Waals surface area (Å²) in [6.45, 7) is 0.470. The van der Waals surface area contributed by atoms with Gasteiger partial charge in [0.15, 0.2) is 0 Å². The van der Waals surface area contributed by atoms with Crippen molar-refractivity contribution in [1.82, 2.24) is 0 Å². The highest BCUT2D eigenvalue weighted by Crippen LogP contribution is 2.64. The Morgan fingerprint density at radius 1 is 0.625 bits per heavy atom. The molecule has 0 heterocycles. The number of carbonyl (C=O) groups excluding carboxylic acids is 1. The molecule has 0 spiro atoms. The molecule has 0 aromatic carbocycles. The number of halogens is 17. The average molecular weight is 537 g/mol. The minimum Gasteiger partial charge on any atom is -0.466 e. The molecular weight excluding hydrogens is 528 g/mol. The van der Waals surface area contributed by atoms with Crippen molar-refractivity contribution >= 4 is 17.6 Å². The van der Waals surface area contributed by atoms with Gasteiger partial charge in [-0.25, -0.2) is 0 Å². The molecular formula is C13H9ClF16O2. The van der Waals surface area contributed by atoms with Crippen molar-refractivity contribution in [3.05, 3.63) is 0 Å². The fourth-order valence-corrected chi connectivity index (χ4v) is 1.96. The summed E-state index contributed by atoms with van der Waals surface area (Å²) in [5.41, 5.74) is 0. The summed E-state index contributed by atoms with van der Waals surface area (Å²) < 4.78 is 215. The van der Waals surface area contributed by atoms with Crippen LogP contribution in [0.2, 0.25) is 0 Å². The monoisotopic (exact) mass is 536 g/mol. The minimum atomic E-state index is -8.51. The van der Waals surface area contributed by atoms with E-state index in [0.717, 1.165) is 6.92 Å². The maximum atomic E-state index is 13.5. The van der Waals surface area contributed by atoms with Crippen molar-refractivity contribution in [3.63, 3.8) is 0 Å². The summed E-state index contributed by atoms with van der Waals surface area (Å²) in [6, 6.07) is 0. The van der Waals surface area contributed by atoms with Gasteiger partial charge in [0.2, 0.25) is 0 Å². The van der Waals surface area contributed by atoms with Crippen molar-refractivity contribution in [2.24, 2.45) is 0 Å². The largest absolute Gasteiger partial charge is 0.466 e. The van der Waals surface area contributed by atoms with Gasteiger partial charge in [0.25, 0.3) is 0 Å². The molecule has 0 fully saturated rings. The van der Waals surface area contributed by atoms with E-state index in [1.165, 1.54) is 0 Å². The lowest BCUT2D eigenvalue weighted by molar-refractivity contribution is -0.449. The van der Waals surface area contributed by atoms with E-state index in [1.54, 1.807) is 0 Å². The highest BCUT2D eigenvalue weighted by molar-refractivity contribution is 6.22. The second-order valence-corrected chi connectivity index (χ2v) is 6.43. The summed E-state index contributed by atoms with van der Waals surface area (Å²) in [6.07, 6.45) is -4.69. The van der Waals surface area contributed by atoms with Crippen LogP contribution in [0.3, 0.4) is 0 Å². The van der Waals surface area contributed by atoms with Crippen LogP contribution in [0.15, 0.2) is 0 Å². The number of hydrogen-bond donors (Lipinski definition) is 0. The van der Waals surface area contributed by atoms with Gasteiger partial charge in [-0.2, -0.15) is 70.2 Å². The van der Waals surface area contributed by atoms with Crippen molar-refractivity contribution in [1.29, 1.82) is 0 Å². The van der Waals surface area contributed by atoms with Crippen molar-refractivity contribution in [2.45, 2.75) is 66.6 Å². The maximum absolute atomic E-state index is 13.5. The zero-order valence-corrected chi connectivity index (χ0v) is 15.6. The van der Waals surface area contributed by atoms with Crippen LogP contribution in [0.4, 0.5) is 70.2 Å². The third-order valence-electron chi connectivity index (χ3n) is 3.74. The molecule has 192 valence electrons. The molecule has 0 aliphatic rings. The third-order valence-corrected chi connectivity index (χ3v) is 3.97. The quantitative estimate of drug-likeness (QED) is 0.169. The number of carbonyl (C=O) groups is 1. The topological polar surface area (TPSA) is 26.3 Å². The van der Waals surface area contributed by atoms with Crippen molar-refractivity contribution in [3.8, 4) is 0 Å². The first-order chi connectivity index (χ1) is 13.7. The van der Waals surface area contributed by atoms with Crippen LogP contribution in [-0.4, -0.2) is 59.4 Å². The molecule has 0 aliphatic carbocycles. The minimum absolute atomic E-state index is 0.574. The zero-order chi connectivity index (χ0) is 26.4. The number of esters is 1. The summed E-state index contributed by atoms with van der Waals surface area (Å²) in [5, 5.41) is -6.82. The first kappa shape index (κ1) is 30.6. The average Bonchev–Trinajstić information content (AvgIpc) is 2.58. The molecule has 0 saturated heterocycles.